The smallest absolute Gasteiger partial charge is 0.330 e. The van der Waals surface area contributed by atoms with Gasteiger partial charge in [-0.1, -0.05) is 25.7 Å². The van der Waals surface area contributed by atoms with Gasteiger partial charge in [-0.15, -0.1) is 0 Å². The summed E-state index contributed by atoms with van der Waals surface area (Å²) in [4.78, 5) is 9.83. The molecule has 1 aliphatic carbocycles. The van der Waals surface area contributed by atoms with Crippen molar-refractivity contribution in [1.82, 2.24) is 0 Å². The van der Waals surface area contributed by atoms with E-state index in [1.54, 1.807) is 6.92 Å². The molecule has 0 radical (unpaired) electrons. The summed E-state index contributed by atoms with van der Waals surface area (Å²) in [5.74, 6) is -0.900. The van der Waals surface area contributed by atoms with Crippen molar-refractivity contribution in [3.63, 3.8) is 0 Å². The highest BCUT2D eigenvalue weighted by molar-refractivity contribution is 5.85. The fourth-order valence-electron chi connectivity index (χ4n) is 0.911. The molecule has 0 bridgehead atoms. The molecule has 2 heteroatoms. The minimum atomic E-state index is -0.900. The van der Waals surface area contributed by atoms with Gasteiger partial charge in [-0.05, 0) is 32.1 Å². The average Bonchev–Trinajstić information content (AvgIpc) is 2.20. The first-order valence-corrected chi connectivity index (χ1v) is 4.74. The second-order valence-electron chi connectivity index (χ2n) is 3.02. The maximum atomic E-state index is 9.83. The Hall–Kier alpha value is -1.05. The summed E-state index contributed by atoms with van der Waals surface area (Å²) in [6, 6.07) is 0. The lowest BCUT2D eigenvalue weighted by Gasteiger charge is -1.97. The highest BCUT2D eigenvalue weighted by Gasteiger charge is 1.96. The molecule has 0 aromatic rings. The van der Waals surface area contributed by atoms with E-state index in [2.05, 4.69) is 18.7 Å². The monoisotopic (exact) mass is 182 g/mol. The van der Waals surface area contributed by atoms with Gasteiger partial charge in [0.1, 0.15) is 0 Å². The zero-order valence-electron chi connectivity index (χ0n) is 8.25. The molecule has 1 rings (SSSR count). The third kappa shape index (κ3) is 7.32. The van der Waals surface area contributed by atoms with Gasteiger partial charge < -0.3 is 5.11 Å². The second kappa shape index (κ2) is 7.59. The summed E-state index contributed by atoms with van der Waals surface area (Å²) in [6.07, 6.45) is 10.5. The first-order valence-electron chi connectivity index (χ1n) is 4.74. The Morgan fingerprint density at radius 2 is 1.85 bits per heavy atom. The van der Waals surface area contributed by atoms with Crippen molar-refractivity contribution in [1.29, 1.82) is 0 Å². The molecular formula is C11H18O2. The van der Waals surface area contributed by atoms with E-state index in [9.17, 15) is 4.79 Å². The fourth-order valence-corrected chi connectivity index (χ4v) is 0.911. The van der Waals surface area contributed by atoms with Gasteiger partial charge in [0.2, 0.25) is 0 Å². The van der Waals surface area contributed by atoms with Crippen LogP contribution in [0.5, 0.6) is 0 Å². The van der Waals surface area contributed by atoms with Crippen molar-refractivity contribution < 1.29 is 9.90 Å². The lowest BCUT2D eigenvalue weighted by molar-refractivity contribution is -0.132. The summed E-state index contributed by atoms with van der Waals surface area (Å²) in [6.45, 7) is 5.03. The predicted octanol–water partition coefficient (Wildman–Crippen LogP) is 3.15. The van der Waals surface area contributed by atoms with Gasteiger partial charge >= 0.3 is 5.97 Å². The topological polar surface area (TPSA) is 37.3 Å². The van der Waals surface area contributed by atoms with Crippen LogP contribution in [0.2, 0.25) is 0 Å². The van der Waals surface area contributed by atoms with Crippen molar-refractivity contribution in [2.24, 2.45) is 0 Å². The van der Waals surface area contributed by atoms with Crippen molar-refractivity contribution >= 4 is 5.97 Å². The number of carboxylic acid groups (broad SMARTS) is 1. The maximum Gasteiger partial charge on any atom is 0.330 e. The number of allylic oxidation sites excluding steroid dienone is 2. The molecule has 0 saturated carbocycles. The largest absolute Gasteiger partial charge is 0.478 e. The molecule has 0 atom stereocenters. The molecule has 1 aliphatic rings. The highest BCUT2D eigenvalue weighted by atomic mass is 16.4. The van der Waals surface area contributed by atoms with E-state index in [0.717, 1.165) is 0 Å². The fraction of sp³-hybridized carbons (Fsp3) is 0.545. The molecule has 0 aromatic carbocycles. The Morgan fingerprint density at radius 3 is 1.92 bits per heavy atom. The van der Waals surface area contributed by atoms with Crippen LogP contribution in [0.25, 0.3) is 0 Å². The maximum absolute atomic E-state index is 9.83. The van der Waals surface area contributed by atoms with Gasteiger partial charge in [-0.3, -0.25) is 0 Å². The van der Waals surface area contributed by atoms with Crippen molar-refractivity contribution in [2.75, 3.05) is 0 Å². The Morgan fingerprint density at radius 1 is 1.38 bits per heavy atom. The van der Waals surface area contributed by atoms with Gasteiger partial charge in [-0.2, -0.15) is 0 Å². The molecule has 0 heterocycles. The van der Waals surface area contributed by atoms with Crippen LogP contribution in [0.3, 0.4) is 0 Å². The first-order chi connectivity index (χ1) is 6.18. The van der Waals surface area contributed by atoms with E-state index in [-0.39, 0.29) is 5.57 Å². The zero-order valence-corrected chi connectivity index (χ0v) is 8.25. The SMILES string of the molecule is C1=CCCCC1.C=C(CC)C(=O)O. The molecule has 1 N–H and O–H groups in total. The van der Waals surface area contributed by atoms with Gasteiger partial charge in [0.15, 0.2) is 0 Å². The predicted molar refractivity (Wildman–Crippen MR) is 54.7 cm³/mol. The zero-order chi connectivity index (χ0) is 10.1. The quantitative estimate of drug-likeness (QED) is 0.526. The summed E-state index contributed by atoms with van der Waals surface area (Å²) < 4.78 is 0. The number of rotatable bonds is 2. The van der Waals surface area contributed by atoms with Crippen LogP contribution in [-0.2, 0) is 4.79 Å². The van der Waals surface area contributed by atoms with Crippen molar-refractivity contribution in [3.05, 3.63) is 24.3 Å². The first kappa shape index (κ1) is 11.9. The van der Waals surface area contributed by atoms with E-state index in [4.69, 9.17) is 5.11 Å². The van der Waals surface area contributed by atoms with Crippen LogP contribution in [0.1, 0.15) is 39.0 Å². The molecule has 0 unspecified atom stereocenters. The summed E-state index contributed by atoms with van der Waals surface area (Å²) in [5.41, 5.74) is 0.264. The lowest BCUT2D eigenvalue weighted by Crippen LogP contribution is -1.95. The molecule has 0 aromatic heterocycles. The van der Waals surface area contributed by atoms with E-state index < -0.39 is 5.97 Å². The van der Waals surface area contributed by atoms with Gasteiger partial charge in [0, 0.05) is 5.57 Å². The van der Waals surface area contributed by atoms with Crippen LogP contribution < -0.4 is 0 Å². The summed E-state index contributed by atoms with van der Waals surface area (Å²) >= 11 is 0. The average molecular weight is 182 g/mol. The number of hydrogen-bond acceptors (Lipinski definition) is 1. The van der Waals surface area contributed by atoms with Crippen LogP contribution in [0.15, 0.2) is 24.3 Å². The molecule has 0 fully saturated rings. The van der Waals surface area contributed by atoms with Crippen LogP contribution in [0, 0.1) is 0 Å². The molecule has 2 nitrogen and oxygen atoms in total. The molecule has 0 aliphatic heterocycles. The Bertz CT molecular complexity index is 184. The van der Waals surface area contributed by atoms with E-state index in [1.807, 2.05) is 0 Å². The van der Waals surface area contributed by atoms with Crippen LogP contribution in [-0.4, -0.2) is 11.1 Å². The minimum absolute atomic E-state index is 0.264. The third-order valence-electron chi connectivity index (χ3n) is 1.89. The van der Waals surface area contributed by atoms with E-state index in [0.29, 0.717) is 6.42 Å². The van der Waals surface area contributed by atoms with E-state index in [1.165, 1.54) is 25.7 Å². The standard InChI is InChI=1S/C6H10.C5H8O2/c1-2-4-6-5-3-1;1-3-4(2)5(6)7/h1-2H,3-6H2;2-3H2,1H3,(H,6,7). The van der Waals surface area contributed by atoms with Gasteiger partial charge in [-0.25, -0.2) is 4.79 Å². The number of carbonyl (C=O) groups is 1. The molecule has 0 amide bonds. The van der Waals surface area contributed by atoms with Gasteiger partial charge in [0.05, 0.1) is 0 Å². The lowest BCUT2D eigenvalue weighted by atomic mass is 10.1. The van der Waals surface area contributed by atoms with Crippen molar-refractivity contribution in [2.45, 2.75) is 39.0 Å². The summed E-state index contributed by atoms with van der Waals surface area (Å²) in [5, 5.41) is 8.08. The van der Waals surface area contributed by atoms with Crippen LogP contribution >= 0.6 is 0 Å². The third-order valence-corrected chi connectivity index (χ3v) is 1.89. The Balaban J connectivity index is 0.000000223. The minimum Gasteiger partial charge on any atom is -0.478 e. The van der Waals surface area contributed by atoms with Crippen LogP contribution in [0.4, 0.5) is 0 Å². The highest BCUT2D eigenvalue weighted by Crippen LogP contribution is 2.07. The molecule has 0 spiro atoms. The molecule has 74 valence electrons. The Labute approximate surface area is 80.0 Å². The number of carboxylic acids is 1. The molecule has 13 heavy (non-hydrogen) atoms. The van der Waals surface area contributed by atoms with Gasteiger partial charge in [0.25, 0.3) is 0 Å². The number of aliphatic carboxylic acids is 1. The normalized spacial score (nSPS) is 14.2. The summed E-state index contributed by atoms with van der Waals surface area (Å²) in [7, 11) is 0. The second-order valence-corrected chi connectivity index (χ2v) is 3.02. The molecule has 0 saturated heterocycles. The molecular weight excluding hydrogens is 164 g/mol. The number of hydrogen-bond donors (Lipinski definition) is 1. The van der Waals surface area contributed by atoms with Crippen molar-refractivity contribution in [3.8, 4) is 0 Å². The van der Waals surface area contributed by atoms with E-state index >= 15 is 0 Å². The Kier molecular flexibility index (Phi) is 6.98.